The molecule has 2 unspecified atom stereocenters. The number of amides is 1. The Morgan fingerprint density at radius 3 is 2.88 bits per heavy atom. The lowest BCUT2D eigenvalue weighted by Gasteiger charge is -2.24. The average molecular weight is 243 g/mol. The monoisotopic (exact) mass is 243 g/mol. The fourth-order valence-corrected chi connectivity index (χ4v) is 2.51. The minimum Gasteiger partial charge on any atom is -0.395 e. The molecule has 17 heavy (non-hydrogen) atoms. The van der Waals surface area contributed by atoms with Gasteiger partial charge < -0.3 is 5.11 Å². The standard InChI is InChI=1S/C12H25N3O2/c1-10-6-8-15(11(10)9-16)7-4-2-3-5-12(17)14-13/h10-11,16H,2-9,13H2,1H3,(H,14,17). The van der Waals surface area contributed by atoms with Gasteiger partial charge in [0.2, 0.25) is 5.91 Å². The van der Waals surface area contributed by atoms with Gasteiger partial charge in [-0.15, -0.1) is 0 Å². The zero-order valence-corrected chi connectivity index (χ0v) is 10.7. The molecule has 1 aliphatic heterocycles. The van der Waals surface area contributed by atoms with Crippen LogP contribution in [0.1, 0.15) is 39.0 Å². The molecule has 4 N–H and O–H groups in total. The molecule has 0 aliphatic carbocycles. The highest BCUT2D eigenvalue weighted by atomic mass is 16.3. The lowest BCUT2D eigenvalue weighted by Crippen LogP contribution is -2.35. The Bertz CT molecular complexity index is 236. The van der Waals surface area contributed by atoms with Gasteiger partial charge in [-0.1, -0.05) is 13.3 Å². The van der Waals surface area contributed by atoms with Crippen LogP contribution in [0.3, 0.4) is 0 Å². The molecule has 1 aliphatic rings. The van der Waals surface area contributed by atoms with Crippen LogP contribution in [0.4, 0.5) is 0 Å². The first kappa shape index (κ1) is 14.4. The highest BCUT2D eigenvalue weighted by Crippen LogP contribution is 2.23. The molecular weight excluding hydrogens is 218 g/mol. The number of hydrogen-bond donors (Lipinski definition) is 3. The highest BCUT2D eigenvalue weighted by Gasteiger charge is 2.29. The van der Waals surface area contributed by atoms with E-state index < -0.39 is 0 Å². The Labute approximate surface area is 103 Å². The number of unbranched alkanes of at least 4 members (excludes halogenated alkanes) is 2. The summed E-state index contributed by atoms with van der Waals surface area (Å²) in [6.07, 6.45) is 4.70. The van der Waals surface area contributed by atoms with E-state index in [4.69, 9.17) is 5.84 Å². The van der Waals surface area contributed by atoms with Gasteiger partial charge in [0.05, 0.1) is 6.61 Å². The summed E-state index contributed by atoms with van der Waals surface area (Å²) in [4.78, 5) is 13.3. The van der Waals surface area contributed by atoms with Crippen molar-refractivity contribution in [2.75, 3.05) is 19.7 Å². The fourth-order valence-electron chi connectivity index (χ4n) is 2.51. The summed E-state index contributed by atoms with van der Waals surface area (Å²) in [7, 11) is 0. The number of aliphatic hydroxyl groups excluding tert-OH is 1. The largest absolute Gasteiger partial charge is 0.395 e. The fraction of sp³-hybridized carbons (Fsp3) is 0.917. The number of likely N-dealkylation sites (tertiary alicyclic amines) is 1. The number of carbonyl (C=O) groups is 1. The first-order valence-electron chi connectivity index (χ1n) is 6.53. The summed E-state index contributed by atoms with van der Waals surface area (Å²) < 4.78 is 0. The molecule has 1 fully saturated rings. The van der Waals surface area contributed by atoms with Gasteiger partial charge in [0.25, 0.3) is 0 Å². The Morgan fingerprint density at radius 2 is 2.24 bits per heavy atom. The van der Waals surface area contributed by atoms with Crippen LogP contribution in [0.2, 0.25) is 0 Å². The molecular formula is C12H25N3O2. The van der Waals surface area contributed by atoms with Crippen LogP contribution in [0.25, 0.3) is 0 Å². The summed E-state index contributed by atoms with van der Waals surface area (Å²) in [6, 6.07) is 0.336. The lowest BCUT2D eigenvalue weighted by atomic mass is 10.0. The zero-order valence-electron chi connectivity index (χ0n) is 10.7. The van der Waals surface area contributed by atoms with Crippen molar-refractivity contribution in [2.24, 2.45) is 11.8 Å². The van der Waals surface area contributed by atoms with Crippen LogP contribution in [-0.4, -0.2) is 41.7 Å². The molecule has 0 aromatic heterocycles. The van der Waals surface area contributed by atoms with Crippen LogP contribution < -0.4 is 11.3 Å². The third kappa shape index (κ3) is 4.61. The van der Waals surface area contributed by atoms with Gasteiger partial charge in [-0.25, -0.2) is 5.84 Å². The molecule has 5 nitrogen and oxygen atoms in total. The van der Waals surface area contributed by atoms with Gasteiger partial charge in [0, 0.05) is 12.5 Å². The van der Waals surface area contributed by atoms with E-state index in [0.29, 0.717) is 18.4 Å². The SMILES string of the molecule is CC1CCN(CCCCCC(=O)NN)C1CO. The molecule has 0 aromatic rings. The van der Waals surface area contributed by atoms with E-state index in [2.05, 4.69) is 17.2 Å². The highest BCUT2D eigenvalue weighted by molar-refractivity contribution is 5.74. The molecule has 0 bridgehead atoms. The van der Waals surface area contributed by atoms with Crippen molar-refractivity contribution in [3.8, 4) is 0 Å². The second-order valence-electron chi connectivity index (χ2n) is 4.93. The normalized spacial score (nSPS) is 25.1. The number of aliphatic hydroxyl groups is 1. The van der Waals surface area contributed by atoms with Crippen molar-refractivity contribution in [2.45, 2.75) is 45.1 Å². The number of carbonyl (C=O) groups excluding carboxylic acids is 1. The summed E-state index contributed by atoms with van der Waals surface area (Å²) in [6.45, 7) is 4.58. The molecule has 1 amide bonds. The predicted octanol–water partition coefficient (Wildman–Crippen LogP) is 0.239. The van der Waals surface area contributed by atoms with Gasteiger partial charge in [-0.3, -0.25) is 15.1 Å². The van der Waals surface area contributed by atoms with Gasteiger partial charge in [-0.2, -0.15) is 0 Å². The first-order chi connectivity index (χ1) is 8.19. The maximum atomic E-state index is 10.9. The third-order valence-corrected chi connectivity index (χ3v) is 3.69. The minimum absolute atomic E-state index is 0.0898. The number of nitrogens with zero attached hydrogens (tertiary/aromatic N) is 1. The Kier molecular flexibility index (Phi) is 6.47. The van der Waals surface area contributed by atoms with Crippen molar-refractivity contribution in [3.05, 3.63) is 0 Å². The van der Waals surface area contributed by atoms with Crippen molar-refractivity contribution >= 4 is 5.91 Å². The number of nitrogens with one attached hydrogen (secondary N) is 1. The minimum atomic E-state index is -0.0898. The van der Waals surface area contributed by atoms with Gasteiger partial charge in [-0.05, 0) is 38.3 Å². The van der Waals surface area contributed by atoms with E-state index >= 15 is 0 Å². The lowest BCUT2D eigenvalue weighted by molar-refractivity contribution is -0.121. The molecule has 2 atom stereocenters. The maximum absolute atomic E-state index is 10.9. The molecule has 0 aromatic carbocycles. The van der Waals surface area contributed by atoms with Crippen molar-refractivity contribution in [3.63, 3.8) is 0 Å². The second-order valence-corrected chi connectivity index (χ2v) is 4.93. The summed E-state index contributed by atoms with van der Waals surface area (Å²) in [5.74, 6) is 5.51. The molecule has 0 saturated carbocycles. The Balaban J connectivity index is 2.08. The third-order valence-electron chi connectivity index (χ3n) is 3.69. The Hall–Kier alpha value is -0.650. The van der Waals surface area contributed by atoms with Crippen LogP contribution in [-0.2, 0) is 4.79 Å². The van der Waals surface area contributed by atoms with Gasteiger partial charge >= 0.3 is 0 Å². The number of nitrogens with two attached hydrogens (primary N) is 1. The van der Waals surface area contributed by atoms with E-state index in [-0.39, 0.29) is 12.5 Å². The van der Waals surface area contributed by atoms with E-state index in [1.165, 1.54) is 6.42 Å². The topological polar surface area (TPSA) is 78.6 Å². The zero-order chi connectivity index (χ0) is 12.7. The van der Waals surface area contributed by atoms with Crippen molar-refractivity contribution in [1.29, 1.82) is 0 Å². The summed E-state index contributed by atoms with van der Waals surface area (Å²) in [5.41, 5.74) is 2.14. The summed E-state index contributed by atoms with van der Waals surface area (Å²) >= 11 is 0. The molecule has 1 heterocycles. The molecule has 5 heteroatoms. The molecule has 0 spiro atoms. The number of hydrazine groups is 1. The smallest absolute Gasteiger partial charge is 0.233 e. The molecule has 1 rings (SSSR count). The van der Waals surface area contributed by atoms with Crippen molar-refractivity contribution < 1.29 is 9.90 Å². The quantitative estimate of drug-likeness (QED) is 0.259. The van der Waals surface area contributed by atoms with Crippen LogP contribution >= 0.6 is 0 Å². The number of hydrogen-bond acceptors (Lipinski definition) is 4. The first-order valence-corrected chi connectivity index (χ1v) is 6.53. The average Bonchev–Trinajstić information content (AvgIpc) is 2.69. The van der Waals surface area contributed by atoms with Crippen LogP contribution in [0.5, 0.6) is 0 Å². The maximum Gasteiger partial charge on any atom is 0.233 e. The van der Waals surface area contributed by atoms with Gasteiger partial charge in [0.1, 0.15) is 0 Å². The predicted molar refractivity (Wildman–Crippen MR) is 67.0 cm³/mol. The van der Waals surface area contributed by atoms with E-state index in [1.54, 1.807) is 0 Å². The molecule has 1 saturated heterocycles. The van der Waals surface area contributed by atoms with Crippen LogP contribution in [0, 0.1) is 5.92 Å². The second kappa shape index (κ2) is 7.63. The van der Waals surface area contributed by atoms with Crippen molar-refractivity contribution in [1.82, 2.24) is 10.3 Å². The van der Waals surface area contributed by atoms with E-state index in [9.17, 15) is 9.90 Å². The van der Waals surface area contributed by atoms with Gasteiger partial charge in [0.15, 0.2) is 0 Å². The number of rotatable bonds is 7. The van der Waals surface area contributed by atoms with Crippen LogP contribution in [0.15, 0.2) is 0 Å². The van der Waals surface area contributed by atoms with E-state index in [1.807, 2.05) is 0 Å². The summed E-state index contributed by atoms with van der Waals surface area (Å²) in [5, 5.41) is 9.31. The van der Waals surface area contributed by atoms with E-state index in [0.717, 1.165) is 32.4 Å². The molecule has 100 valence electrons. The molecule has 0 radical (unpaired) electrons. The Morgan fingerprint density at radius 1 is 1.47 bits per heavy atom.